The molecule has 0 aliphatic rings. The summed E-state index contributed by atoms with van der Waals surface area (Å²) in [5.41, 5.74) is 1.52. The molecule has 0 fully saturated rings. The number of thioether (sulfide) groups is 1. The third-order valence-electron chi connectivity index (χ3n) is 5.01. The van der Waals surface area contributed by atoms with E-state index in [2.05, 4.69) is 5.32 Å². The molecule has 1 amide bonds. The molecule has 0 spiro atoms. The molecule has 0 saturated heterocycles. The van der Waals surface area contributed by atoms with Gasteiger partial charge in [0.05, 0.1) is 6.54 Å². The maximum Gasteiger partial charge on any atom is 0.336 e. The molecule has 0 unspecified atom stereocenters. The van der Waals surface area contributed by atoms with E-state index in [4.69, 9.17) is 0 Å². The van der Waals surface area contributed by atoms with E-state index in [0.717, 1.165) is 27.4 Å². The normalized spacial score (nSPS) is 11.0. The Labute approximate surface area is 187 Å². The maximum atomic E-state index is 13.0. The fourth-order valence-corrected chi connectivity index (χ4v) is 4.70. The van der Waals surface area contributed by atoms with Gasteiger partial charge < -0.3 is 5.32 Å². The number of carbonyl (C=O) groups excluding carboxylic acids is 1. The summed E-state index contributed by atoms with van der Waals surface area (Å²) in [6.07, 6.45) is 3.53. The average molecular weight is 452 g/mol. The van der Waals surface area contributed by atoms with Gasteiger partial charge in [0.2, 0.25) is 0 Å². The van der Waals surface area contributed by atoms with Crippen LogP contribution in [0.5, 0.6) is 0 Å². The first-order valence-electron chi connectivity index (χ1n) is 9.68. The van der Waals surface area contributed by atoms with E-state index in [1.807, 2.05) is 60.9 Å². The topological polar surface area (TPSA) is 72.6 Å². The van der Waals surface area contributed by atoms with Crippen LogP contribution in [0.2, 0.25) is 0 Å². The summed E-state index contributed by atoms with van der Waals surface area (Å²) >= 11 is 2.81. The Morgan fingerprint density at radius 2 is 1.74 bits per heavy atom. The van der Waals surface area contributed by atoms with E-state index in [1.54, 1.807) is 18.7 Å². The second-order valence-corrected chi connectivity index (χ2v) is 9.00. The number of aryl methyl sites for hydroxylation is 1. The second-order valence-electron chi connectivity index (χ2n) is 7.09. The number of amides is 1. The van der Waals surface area contributed by atoms with Crippen LogP contribution in [0, 0.1) is 6.92 Å². The summed E-state index contributed by atoms with van der Waals surface area (Å²) < 4.78 is 2.60. The molecule has 1 N–H and O–H groups in total. The molecule has 6 nitrogen and oxygen atoms in total. The highest BCUT2D eigenvalue weighted by atomic mass is 32.2. The maximum absolute atomic E-state index is 13.0. The number of fused-ring (bicyclic) bond motifs is 1. The van der Waals surface area contributed by atoms with Crippen molar-refractivity contribution in [3.05, 3.63) is 103 Å². The first kappa shape index (κ1) is 21.1. The van der Waals surface area contributed by atoms with Crippen LogP contribution >= 0.6 is 23.1 Å². The van der Waals surface area contributed by atoms with Crippen LogP contribution in [0.1, 0.15) is 26.4 Å². The van der Waals surface area contributed by atoms with Crippen molar-refractivity contribution < 1.29 is 4.79 Å². The summed E-state index contributed by atoms with van der Waals surface area (Å²) in [6.45, 7) is 2.26. The Balaban J connectivity index is 1.61. The van der Waals surface area contributed by atoms with Gasteiger partial charge in [-0.05, 0) is 36.4 Å². The summed E-state index contributed by atoms with van der Waals surface area (Å²) in [5.74, 6) is -0.275. The lowest BCUT2D eigenvalue weighted by Gasteiger charge is -2.07. The molecule has 0 atom stereocenters. The van der Waals surface area contributed by atoms with Crippen LogP contribution in [0.25, 0.3) is 4.83 Å². The van der Waals surface area contributed by atoms with Crippen LogP contribution in [-0.4, -0.2) is 21.1 Å². The Morgan fingerprint density at radius 3 is 2.42 bits per heavy atom. The molecule has 2 heterocycles. The molecule has 4 rings (SSSR count). The predicted molar refractivity (Wildman–Crippen MR) is 125 cm³/mol. The zero-order valence-corrected chi connectivity index (χ0v) is 18.8. The number of hydrogen-bond donors (Lipinski definition) is 1. The number of thiazole rings is 1. The lowest BCUT2D eigenvalue weighted by Crippen LogP contribution is -2.38. The molecular weight excluding hydrogens is 430 g/mol. The second kappa shape index (κ2) is 8.95. The molecule has 0 aliphatic heterocycles. The first-order valence-corrected chi connectivity index (χ1v) is 11.7. The average Bonchev–Trinajstić information content (AvgIpc) is 3.26. The van der Waals surface area contributed by atoms with Crippen LogP contribution in [-0.2, 0) is 13.1 Å². The van der Waals surface area contributed by atoms with Crippen molar-refractivity contribution in [3.8, 4) is 0 Å². The summed E-state index contributed by atoms with van der Waals surface area (Å²) in [7, 11) is 0. The van der Waals surface area contributed by atoms with Crippen LogP contribution in [0.3, 0.4) is 0 Å². The van der Waals surface area contributed by atoms with Gasteiger partial charge in [-0.1, -0.05) is 42.5 Å². The fraction of sp³-hybridized carbons (Fsp3) is 0.174. The third kappa shape index (κ3) is 4.35. The SMILES string of the molecule is CSc1ccc(CNC(=O)c2cn3c(=O)n(Cc4ccccc4)c(=O)c(C)c3s2)cc1. The van der Waals surface area contributed by atoms with Gasteiger partial charge in [0.25, 0.3) is 11.5 Å². The highest BCUT2D eigenvalue weighted by Crippen LogP contribution is 2.19. The standard InChI is InChI=1S/C23H21N3O3S2/c1-15-21(28)25(13-17-6-4-3-5-7-17)23(29)26-14-19(31-22(15)26)20(27)24-12-16-8-10-18(30-2)11-9-16/h3-11,14H,12-13H2,1-2H3,(H,24,27). The molecule has 0 saturated carbocycles. The number of hydrogen-bond acceptors (Lipinski definition) is 5. The lowest BCUT2D eigenvalue weighted by atomic mass is 10.2. The minimum atomic E-state index is -0.447. The van der Waals surface area contributed by atoms with Gasteiger partial charge in [-0.25, -0.2) is 4.79 Å². The fourth-order valence-electron chi connectivity index (χ4n) is 3.29. The number of aromatic nitrogens is 2. The Bertz CT molecular complexity index is 1350. The van der Waals surface area contributed by atoms with E-state index in [0.29, 0.717) is 21.8 Å². The highest BCUT2D eigenvalue weighted by molar-refractivity contribution is 7.98. The van der Waals surface area contributed by atoms with Crippen molar-refractivity contribution in [2.45, 2.75) is 24.9 Å². The van der Waals surface area contributed by atoms with Crippen molar-refractivity contribution in [1.29, 1.82) is 0 Å². The van der Waals surface area contributed by atoms with Gasteiger partial charge in [-0.2, -0.15) is 0 Å². The van der Waals surface area contributed by atoms with E-state index in [-0.39, 0.29) is 18.0 Å². The summed E-state index contributed by atoms with van der Waals surface area (Å²) in [6, 6.07) is 17.3. The van der Waals surface area contributed by atoms with Crippen LogP contribution in [0.15, 0.2) is 75.3 Å². The number of carbonyl (C=O) groups is 1. The Hall–Kier alpha value is -3.10. The molecule has 2 aromatic carbocycles. The number of benzene rings is 2. The van der Waals surface area contributed by atoms with Gasteiger partial charge in [-0.3, -0.25) is 18.6 Å². The van der Waals surface area contributed by atoms with Crippen LogP contribution < -0.4 is 16.6 Å². The van der Waals surface area contributed by atoms with Gasteiger partial charge >= 0.3 is 5.69 Å². The van der Waals surface area contributed by atoms with Gasteiger partial charge in [-0.15, -0.1) is 23.1 Å². The molecule has 0 radical (unpaired) electrons. The molecule has 158 valence electrons. The molecule has 0 aliphatic carbocycles. The monoisotopic (exact) mass is 451 g/mol. The number of nitrogens with zero attached hydrogens (tertiary/aromatic N) is 2. The molecule has 0 bridgehead atoms. The summed E-state index contributed by atoms with van der Waals surface area (Å²) in [4.78, 5) is 40.5. The molecular formula is C23H21N3O3S2. The molecule has 2 aromatic heterocycles. The van der Waals surface area contributed by atoms with Gasteiger partial charge in [0, 0.05) is 23.2 Å². The highest BCUT2D eigenvalue weighted by Gasteiger charge is 2.17. The largest absolute Gasteiger partial charge is 0.347 e. The zero-order chi connectivity index (χ0) is 22.0. The van der Waals surface area contributed by atoms with E-state index in [1.165, 1.54) is 15.2 Å². The van der Waals surface area contributed by atoms with Gasteiger partial charge in [0.1, 0.15) is 9.71 Å². The third-order valence-corrected chi connectivity index (χ3v) is 6.97. The van der Waals surface area contributed by atoms with E-state index in [9.17, 15) is 14.4 Å². The predicted octanol–water partition coefficient (Wildman–Crippen LogP) is 3.53. The molecule has 31 heavy (non-hydrogen) atoms. The Kier molecular flexibility index (Phi) is 6.11. The van der Waals surface area contributed by atoms with Crippen molar-refractivity contribution >= 4 is 33.8 Å². The lowest BCUT2D eigenvalue weighted by molar-refractivity contribution is 0.0954. The first-order chi connectivity index (χ1) is 15.0. The number of rotatable bonds is 6. The molecule has 4 aromatic rings. The van der Waals surface area contributed by atoms with Crippen molar-refractivity contribution in [2.24, 2.45) is 0 Å². The van der Waals surface area contributed by atoms with E-state index >= 15 is 0 Å². The van der Waals surface area contributed by atoms with Gasteiger partial charge in [0.15, 0.2) is 0 Å². The minimum absolute atomic E-state index is 0.186. The summed E-state index contributed by atoms with van der Waals surface area (Å²) in [5, 5.41) is 2.89. The van der Waals surface area contributed by atoms with Crippen molar-refractivity contribution in [3.63, 3.8) is 0 Å². The van der Waals surface area contributed by atoms with Crippen molar-refractivity contribution in [2.75, 3.05) is 6.26 Å². The van der Waals surface area contributed by atoms with Crippen LogP contribution in [0.4, 0.5) is 0 Å². The zero-order valence-electron chi connectivity index (χ0n) is 17.1. The minimum Gasteiger partial charge on any atom is -0.347 e. The number of nitrogens with one attached hydrogen (secondary N) is 1. The Morgan fingerprint density at radius 1 is 1.03 bits per heavy atom. The quantitative estimate of drug-likeness (QED) is 0.455. The van der Waals surface area contributed by atoms with E-state index < -0.39 is 5.69 Å². The smallest absolute Gasteiger partial charge is 0.336 e. The molecule has 8 heteroatoms. The van der Waals surface area contributed by atoms with Crippen molar-refractivity contribution in [1.82, 2.24) is 14.3 Å².